The van der Waals surface area contributed by atoms with Gasteiger partial charge in [0.05, 0.1) is 6.04 Å². The van der Waals surface area contributed by atoms with Crippen molar-refractivity contribution in [2.75, 3.05) is 6.61 Å². The molecular formula is C15H15ClFNO. The van der Waals surface area contributed by atoms with Crippen LogP contribution < -0.4 is 10.5 Å². The van der Waals surface area contributed by atoms with Gasteiger partial charge in [-0.1, -0.05) is 23.7 Å². The van der Waals surface area contributed by atoms with E-state index in [2.05, 4.69) is 0 Å². The van der Waals surface area contributed by atoms with E-state index in [1.807, 2.05) is 13.0 Å². The average molecular weight is 280 g/mol. The molecule has 2 aromatic rings. The minimum absolute atomic E-state index is 0.273. The Labute approximate surface area is 117 Å². The molecule has 2 N–H and O–H groups in total. The van der Waals surface area contributed by atoms with Crippen LogP contribution in [0, 0.1) is 12.7 Å². The van der Waals surface area contributed by atoms with Gasteiger partial charge in [0.1, 0.15) is 18.2 Å². The van der Waals surface area contributed by atoms with Gasteiger partial charge in [0.2, 0.25) is 0 Å². The maximum atomic E-state index is 12.8. The van der Waals surface area contributed by atoms with Gasteiger partial charge in [-0.3, -0.25) is 0 Å². The minimum atomic E-state index is -0.295. The molecule has 2 rings (SSSR count). The maximum absolute atomic E-state index is 12.8. The highest BCUT2D eigenvalue weighted by Gasteiger charge is 2.07. The third-order valence-electron chi connectivity index (χ3n) is 2.86. The summed E-state index contributed by atoms with van der Waals surface area (Å²) >= 11 is 5.94. The number of halogens is 2. The van der Waals surface area contributed by atoms with E-state index in [9.17, 15) is 4.39 Å². The van der Waals surface area contributed by atoms with E-state index in [1.54, 1.807) is 24.3 Å². The highest BCUT2D eigenvalue weighted by molar-refractivity contribution is 6.31. The monoisotopic (exact) mass is 279 g/mol. The topological polar surface area (TPSA) is 35.2 Å². The van der Waals surface area contributed by atoms with Gasteiger partial charge < -0.3 is 10.5 Å². The highest BCUT2D eigenvalue weighted by atomic mass is 35.5. The second-order valence-electron chi connectivity index (χ2n) is 4.38. The lowest BCUT2D eigenvalue weighted by Gasteiger charge is -2.14. The molecule has 0 heterocycles. The summed E-state index contributed by atoms with van der Waals surface area (Å²) in [5.41, 5.74) is 7.78. The molecule has 2 aromatic carbocycles. The van der Waals surface area contributed by atoms with Gasteiger partial charge in [-0.05, 0) is 48.4 Å². The molecule has 1 unspecified atom stereocenters. The zero-order chi connectivity index (χ0) is 13.8. The Morgan fingerprint density at radius 3 is 2.53 bits per heavy atom. The van der Waals surface area contributed by atoms with Crippen molar-refractivity contribution in [1.82, 2.24) is 0 Å². The lowest BCUT2D eigenvalue weighted by molar-refractivity contribution is 0.290. The van der Waals surface area contributed by atoms with E-state index in [4.69, 9.17) is 22.1 Å². The van der Waals surface area contributed by atoms with Crippen LogP contribution >= 0.6 is 11.6 Å². The zero-order valence-electron chi connectivity index (χ0n) is 10.6. The molecule has 0 spiro atoms. The molecule has 4 heteroatoms. The molecule has 0 aliphatic carbocycles. The van der Waals surface area contributed by atoms with Crippen molar-refractivity contribution >= 4 is 11.6 Å². The average Bonchev–Trinajstić information content (AvgIpc) is 2.40. The summed E-state index contributed by atoms with van der Waals surface area (Å²) in [4.78, 5) is 0. The fourth-order valence-corrected chi connectivity index (χ4v) is 1.82. The van der Waals surface area contributed by atoms with Gasteiger partial charge >= 0.3 is 0 Å². The van der Waals surface area contributed by atoms with Gasteiger partial charge in [0, 0.05) is 5.02 Å². The lowest BCUT2D eigenvalue weighted by Crippen LogP contribution is -2.19. The third kappa shape index (κ3) is 3.69. The Morgan fingerprint density at radius 2 is 1.89 bits per heavy atom. The second-order valence-corrected chi connectivity index (χ2v) is 4.79. The van der Waals surface area contributed by atoms with Gasteiger partial charge in [-0.15, -0.1) is 0 Å². The largest absolute Gasteiger partial charge is 0.492 e. The predicted molar refractivity (Wildman–Crippen MR) is 75.0 cm³/mol. The number of hydrogen-bond acceptors (Lipinski definition) is 2. The number of hydrogen-bond donors (Lipinski definition) is 1. The molecule has 0 aromatic heterocycles. The Morgan fingerprint density at radius 1 is 1.21 bits per heavy atom. The Bertz CT molecular complexity index is 557. The van der Waals surface area contributed by atoms with Crippen molar-refractivity contribution in [3.8, 4) is 5.75 Å². The van der Waals surface area contributed by atoms with Crippen LogP contribution in [-0.4, -0.2) is 6.61 Å². The molecule has 0 fully saturated rings. The first-order valence-electron chi connectivity index (χ1n) is 5.96. The summed E-state index contributed by atoms with van der Waals surface area (Å²) in [5.74, 6) is 0.449. The first-order chi connectivity index (χ1) is 9.06. The van der Waals surface area contributed by atoms with Crippen molar-refractivity contribution in [1.29, 1.82) is 0 Å². The molecule has 1 atom stereocenters. The van der Waals surface area contributed by atoms with Crippen LogP contribution in [0.2, 0.25) is 5.02 Å². The summed E-state index contributed by atoms with van der Waals surface area (Å²) in [5, 5.41) is 0.704. The zero-order valence-corrected chi connectivity index (χ0v) is 11.3. The molecule has 0 bridgehead atoms. The van der Waals surface area contributed by atoms with Crippen molar-refractivity contribution in [2.24, 2.45) is 5.73 Å². The number of nitrogens with two attached hydrogens (primary N) is 1. The van der Waals surface area contributed by atoms with E-state index in [1.165, 1.54) is 12.1 Å². The minimum Gasteiger partial charge on any atom is -0.492 e. The number of aryl methyl sites for hydroxylation is 1. The fraction of sp³-hybridized carbons (Fsp3) is 0.200. The van der Waals surface area contributed by atoms with Gasteiger partial charge in [-0.2, -0.15) is 0 Å². The normalized spacial score (nSPS) is 12.2. The first kappa shape index (κ1) is 13.8. The predicted octanol–water partition coefficient (Wildman–Crippen LogP) is 3.87. The molecule has 100 valence electrons. The smallest absolute Gasteiger partial charge is 0.123 e. The second kappa shape index (κ2) is 6.04. The highest BCUT2D eigenvalue weighted by Crippen LogP contribution is 2.22. The van der Waals surface area contributed by atoms with Crippen LogP contribution in [0.4, 0.5) is 4.39 Å². The number of benzene rings is 2. The summed E-state index contributed by atoms with van der Waals surface area (Å²) in [7, 11) is 0. The van der Waals surface area contributed by atoms with E-state index < -0.39 is 0 Å². The number of rotatable bonds is 4. The molecule has 0 saturated carbocycles. The quantitative estimate of drug-likeness (QED) is 0.922. The maximum Gasteiger partial charge on any atom is 0.123 e. The summed E-state index contributed by atoms with van der Waals surface area (Å²) in [6, 6.07) is 11.3. The van der Waals surface area contributed by atoms with E-state index in [-0.39, 0.29) is 11.9 Å². The van der Waals surface area contributed by atoms with Crippen LogP contribution in [0.3, 0.4) is 0 Å². The van der Waals surface area contributed by atoms with Gasteiger partial charge in [0.25, 0.3) is 0 Å². The summed E-state index contributed by atoms with van der Waals surface area (Å²) in [6.45, 7) is 2.24. The van der Waals surface area contributed by atoms with Crippen LogP contribution in [0.5, 0.6) is 5.75 Å². The Hall–Kier alpha value is -1.58. The SMILES string of the molecule is Cc1cc(OCC(N)c2ccc(F)cc2)ccc1Cl. The van der Waals surface area contributed by atoms with Crippen LogP contribution in [0.15, 0.2) is 42.5 Å². The van der Waals surface area contributed by atoms with Crippen molar-refractivity contribution in [2.45, 2.75) is 13.0 Å². The molecule has 0 aliphatic heterocycles. The Kier molecular flexibility index (Phi) is 4.40. The number of ether oxygens (including phenoxy) is 1. The summed E-state index contributed by atoms with van der Waals surface area (Å²) < 4.78 is 18.4. The standard InChI is InChI=1S/C15H15ClFNO/c1-10-8-13(6-7-14(10)16)19-9-15(18)11-2-4-12(17)5-3-11/h2-8,15H,9,18H2,1H3. The lowest BCUT2D eigenvalue weighted by atomic mass is 10.1. The van der Waals surface area contributed by atoms with E-state index in [0.29, 0.717) is 11.6 Å². The van der Waals surface area contributed by atoms with Crippen LogP contribution in [0.1, 0.15) is 17.2 Å². The van der Waals surface area contributed by atoms with E-state index in [0.717, 1.165) is 16.9 Å². The molecule has 2 nitrogen and oxygen atoms in total. The third-order valence-corrected chi connectivity index (χ3v) is 3.28. The van der Waals surface area contributed by atoms with Crippen molar-refractivity contribution in [3.63, 3.8) is 0 Å². The van der Waals surface area contributed by atoms with Crippen molar-refractivity contribution < 1.29 is 9.13 Å². The molecule has 0 amide bonds. The van der Waals surface area contributed by atoms with Gasteiger partial charge in [0.15, 0.2) is 0 Å². The van der Waals surface area contributed by atoms with Gasteiger partial charge in [-0.25, -0.2) is 4.39 Å². The molecule has 0 aliphatic rings. The first-order valence-corrected chi connectivity index (χ1v) is 6.34. The van der Waals surface area contributed by atoms with Crippen molar-refractivity contribution in [3.05, 3.63) is 64.4 Å². The van der Waals surface area contributed by atoms with E-state index >= 15 is 0 Å². The van der Waals surface area contributed by atoms with Crippen LogP contribution in [-0.2, 0) is 0 Å². The molecule has 0 radical (unpaired) electrons. The Balaban J connectivity index is 1.98. The molecule has 0 saturated heterocycles. The fourth-order valence-electron chi connectivity index (χ4n) is 1.70. The van der Waals surface area contributed by atoms with Crippen LogP contribution in [0.25, 0.3) is 0 Å². The summed E-state index contributed by atoms with van der Waals surface area (Å²) in [6.07, 6.45) is 0. The molecule has 19 heavy (non-hydrogen) atoms. The molecular weight excluding hydrogens is 265 g/mol.